The Morgan fingerprint density at radius 2 is 1.62 bits per heavy atom. The largest absolute Gasteiger partial charge is 0.359 e. The second kappa shape index (κ2) is 10.1. The zero-order chi connectivity index (χ0) is 24.2. The molecule has 1 aliphatic heterocycles. The SMILES string of the molecule is CC(=O)N(c1ccccc1)[C@@H]1C[C@@H](C)N(CC(=O)Nc2ccc(C(C)C)cc2)c2ccccc21. The number of hydrogen-bond acceptors (Lipinski definition) is 3. The van der Waals surface area contributed by atoms with E-state index in [4.69, 9.17) is 0 Å². The minimum absolute atomic E-state index is 0.00856. The molecule has 34 heavy (non-hydrogen) atoms. The van der Waals surface area contributed by atoms with Crippen LogP contribution in [0, 0.1) is 0 Å². The van der Waals surface area contributed by atoms with Crippen LogP contribution in [0.2, 0.25) is 0 Å². The van der Waals surface area contributed by atoms with Crippen LogP contribution in [0.1, 0.15) is 57.2 Å². The van der Waals surface area contributed by atoms with E-state index in [-0.39, 0.29) is 30.4 Å². The molecule has 0 aliphatic carbocycles. The summed E-state index contributed by atoms with van der Waals surface area (Å²) in [5.74, 6) is 0.409. The van der Waals surface area contributed by atoms with Crippen LogP contribution in [0.3, 0.4) is 0 Å². The summed E-state index contributed by atoms with van der Waals surface area (Å²) in [6, 6.07) is 25.9. The van der Waals surface area contributed by atoms with E-state index in [2.05, 4.69) is 49.2 Å². The molecule has 0 bridgehead atoms. The molecule has 176 valence electrons. The third-order valence-corrected chi connectivity index (χ3v) is 6.56. The summed E-state index contributed by atoms with van der Waals surface area (Å²) in [6.45, 7) is 8.30. The van der Waals surface area contributed by atoms with Gasteiger partial charge in [0, 0.05) is 30.0 Å². The van der Waals surface area contributed by atoms with Gasteiger partial charge in [0.2, 0.25) is 11.8 Å². The maximum Gasteiger partial charge on any atom is 0.243 e. The highest BCUT2D eigenvalue weighted by molar-refractivity contribution is 5.95. The number of hydrogen-bond donors (Lipinski definition) is 1. The van der Waals surface area contributed by atoms with E-state index in [1.807, 2.05) is 65.6 Å². The summed E-state index contributed by atoms with van der Waals surface area (Å²) in [5.41, 5.74) is 5.00. The molecule has 1 heterocycles. The summed E-state index contributed by atoms with van der Waals surface area (Å²) in [4.78, 5) is 29.7. The van der Waals surface area contributed by atoms with Gasteiger partial charge in [0.15, 0.2) is 0 Å². The molecule has 5 heteroatoms. The number of amides is 2. The van der Waals surface area contributed by atoms with Crippen molar-refractivity contribution in [3.63, 3.8) is 0 Å². The summed E-state index contributed by atoms with van der Waals surface area (Å²) < 4.78 is 0. The lowest BCUT2D eigenvalue weighted by atomic mass is 9.90. The number of benzene rings is 3. The predicted octanol–water partition coefficient (Wildman–Crippen LogP) is 6.14. The van der Waals surface area contributed by atoms with Gasteiger partial charge in [-0.15, -0.1) is 0 Å². The first kappa shape index (κ1) is 23.6. The van der Waals surface area contributed by atoms with Crippen molar-refractivity contribution >= 4 is 28.9 Å². The molecular formula is C29H33N3O2. The van der Waals surface area contributed by atoms with Gasteiger partial charge in [-0.2, -0.15) is 0 Å². The molecule has 0 saturated heterocycles. The van der Waals surface area contributed by atoms with Crippen molar-refractivity contribution in [1.82, 2.24) is 0 Å². The quantitative estimate of drug-likeness (QED) is 0.486. The summed E-state index contributed by atoms with van der Waals surface area (Å²) in [6.07, 6.45) is 0.738. The van der Waals surface area contributed by atoms with Crippen LogP contribution < -0.4 is 15.1 Å². The van der Waals surface area contributed by atoms with Crippen LogP contribution in [-0.2, 0) is 9.59 Å². The molecule has 0 unspecified atom stereocenters. The topological polar surface area (TPSA) is 52.7 Å². The molecular weight excluding hydrogens is 422 g/mol. The first-order valence-electron chi connectivity index (χ1n) is 12.0. The predicted molar refractivity (Wildman–Crippen MR) is 139 cm³/mol. The Bertz CT molecular complexity index is 1140. The zero-order valence-electron chi connectivity index (χ0n) is 20.4. The molecule has 0 radical (unpaired) electrons. The molecule has 1 N–H and O–H groups in total. The normalized spacial score (nSPS) is 17.3. The van der Waals surface area contributed by atoms with Crippen LogP contribution >= 0.6 is 0 Å². The van der Waals surface area contributed by atoms with Crippen molar-refractivity contribution < 1.29 is 9.59 Å². The first-order chi connectivity index (χ1) is 16.3. The van der Waals surface area contributed by atoms with Gasteiger partial charge in [0.25, 0.3) is 0 Å². The molecule has 0 saturated carbocycles. The van der Waals surface area contributed by atoms with E-state index >= 15 is 0 Å². The number of carbonyl (C=O) groups is 2. The lowest BCUT2D eigenvalue weighted by molar-refractivity contribution is -0.117. The Morgan fingerprint density at radius 3 is 2.26 bits per heavy atom. The number of nitrogens with zero attached hydrogens (tertiary/aromatic N) is 2. The molecule has 3 aromatic carbocycles. The molecule has 1 aliphatic rings. The monoisotopic (exact) mass is 455 g/mol. The lowest BCUT2D eigenvalue weighted by Crippen LogP contribution is -2.47. The molecule has 2 atom stereocenters. The Hall–Kier alpha value is -3.60. The second-order valence-corrected chi connectivity index (χ2v) is 9.34. The van der Waals surface area contributed by atoms with Crippen molar-refractivity contribution in [3.05, 3.63) is 90.0 Å². The number of anilines is 3. The molecule has 3 aromatic rings. The average Bonchev–Trinajstić information content (AvgIpc) is 2.82. The van der Waals surface area contributed by atoms with E-state index < -0.39 is 0 Å². The van der Waals surface area contributed by atoms with E-state index in [1.165, 1.54) is 5.56 Å². The van der Waals surface area contributed by atoms with Gasteiger partial charge < -0.3 is 15.1 Å². The highest BCUT2D eigenvalue weighted by Gasteiger charge is 2.35. The fraction of sp³-hybridized carbons (Fsp3) is 0.310. The van der Waals surface area contributed by atoms with Gasteiger partial charge >= 0.3 is 0 Å². The maximum absolute atomic E-state index is 13.0. The summed E-state index contributed by atoms with van der Waals surface area (Å²) >= 11 is 0. The Balaban J connectivity index is 1.57. The lowest BCUT2D eigenvalue weighted by Gasteiger charge is -2.44. The van der Waals surface area contributed by atoms with Gasteiger partial charge in [-0.25, -0.2) is 0 Å². The number of nitrogens with one attached hydrogen (secondary N) is 1. The van der Waals surface area contributed by atoms with E-state index in [1.54, 1.807) is 6.92 Å². The molecule has 0 fully saturated rings. The molecule has 4 rings (SSSR count). The van der Waals surface area contributed by atoms with Crippen LogP contribution in [0.25, 0.3) is 0 Å². The fourth-order valence-electron chi connectivity index (χ4n) is 4.81. The van der Waals surface area contributed by atoms with Crippen LogP contribution in [0.5, 0.6) is 0 Å². The van der Waals surface area contributed by atoms with Crippen LogP contribution in [-0.4, -0.2) is 24.4 Å². The average molecular weight is 456 g/mol. The minimum atomic E-state index is -0.0889. The fourth-order valence-corrected chi connectivity index (χ4v) is 4.81. The van der Waals surface area contributed by atoms with E-state index in [0.29, 0.717) is 5.92 Å². The number of rotatable bonds is 6. The van der Waals surface area contributed by atoms with Gasteiger partial charge in [0.1, 0.15) is 0 Å². The van der Waals surface area contributed by atoms with Gasteiger partial charge in [-0.3, -0.25) is 9.59 Å². The summed E-state index contributed by atoms with van der Waals surface area (Å²) in [5, 5.41) is 3.04. The van der Waals surface area contributed by atoms with E-state index in [0.717, 1.165) is 29.0 Å². The summed E-state index contributed by atoms with van der Waals surface area (Å²) in [7, 11) is 0. The van der Waals surface area contributed by atoms with Crippen molar-refractivity contribution in [2.75, 3.05) is 21.7 Å². The van der Waals surface area contributed by atoms with Gasteiger partial charge in [0.05, 0.1) is 12.6 Å². The number of para-hydroxylation sites is 2. The van der Waals surface area contributed by atoms with Crippen LogP contribution in [0.4, 0.5) is 17.1 Å². The first-order valence-corrected chi connectivity index (χ1v) is 12.0. The van der Waals surface area contributed by atoms with E-state index in [9.17, 15) is 9.59 Å². The Kier molecular flexibility index (Phi) is 7.01. The smallest absolute Gasteiger partial charge is 0.243 e. The highest BCUT2D eigenvalue weighted by atomic mass is 16.2. The highest BCUT2D eigenvalue weighted by Crippen LogP contribution is 2.42. The van der Waals surface area contributed by atoms with Gasteiger partial charge in [-0.05, 0) is 60.7 Å². The zero-order valence-corrected chi connectivity index (χ0v) is 20.4. The molecule has 2 amide bonds. The standard InChI is InChI=1S/C29H33N3O2/c1-20(2)23-14-16-24(17-15-23)30-29(34)19-31-21(3)18-28(26-12-8-9-13-27(26)31)32(22(4)33)25-10-6-5-7-11-25/h5-17,20-21,28H,18-19H2,1-4H3,(H,30,34)/t21-,28-/m1/s1. The molecule has 0 spiro atoms. The van der Waals surface area contributed by atoms with Crippen molar-refractivity contribution in [2.24, 2.45) is 0 Å². The Labute approximate surface area is 202 Å². The molecule has 0 aromatic heterocycles. The number of carbonyl (C=O) groups excluding carboxylic acids is 2. The molecule has 5 nitrogen and oxygen atoms in total. The second-order valence-electron chi connectivity index (χ2n) is 9.34. The van der Waals surface area contributed by atoms with Crippen molar-refractivity contribution in [1.29, 1.82) is 0 Å². The minimum Gasteiger partial charge on any atom is -0.359 e. The van der Waals surface area contributed by atoms with Crippen molar-refractivity contribution in [3.8, 4) is 0 Å². The van der Waals surface area contributed by atoms with Crippen LogP contribution in [0.15, 0.2) is 78.9 Å². The van der Waals surface area contributed by atoms with Crippen molar-refractivity contribution in [2.45, 2.75) is 52.1 Å². The Morgan fingerprint density at radius 1 is 0.971 bits per heavy atom. The third-order valence-electron chi connectivity index (χ3n) is 6.56. The number of fused-ring (bicyclic) bond motifs is 1. The van der Waals surface area contributed by atoms with Gasteiger partial charge in [-0.1, -0.05) is 62.4 Å². The maximum atomic E-state index is 13.0. The third kappa shape index (κ3) is 4.98.